The highest BCUT2D eigenvalue weighted by molar-refractivity contribution is 5.12. The second-order valence-corrected chi connectivity index (χ2v) is 3.74. The molecule has 1 aliphatic carbocycles. The summed E-state index contributed by atoms with van der Waals surface area (Å²) < 4.78 is 5.41. The van der Waals surface area contributed by atoms with Crippen molar-refractivity contribution in [1.82, 2.24) is 9.97 Å². The topological polar surface area (TPSA) is 61.0 Å². The van der Waals surface area contributed by atoms with Gasteiger partial charge in [-0.3, -0.25) is 0 Å². The Morgan fingerprint density at radius 1 is 1.43 bits per heavy atom. The molecule has 1 aliphatic rings. The Balaban J connectivity index is 2.09. The molecule has 1 saturated carbocycles. The summed E-state index contributed by atoms with van der Waals surface area (Å²) in [6.07, 6.45) is 7.58. The van der Waals surface area contributed by atoms with Crippen LogP contribution in [0.3, 0.4) is 0 Å². The maximum atomic E-state index is 6.09. The number of ether oxygens (including phenoxy) is 1. The Kier molecular flexibility index (Phi) is 2.74. The first kappa shape index (κ1) is 9.55. The fourth-order valence-corrected chi connectivity index (χ4v) is 1.73. The molecule has 4 nitrogen and oxygen atoms in total. The molecular weight excluding hydrogens is 178 g/mol. The van der Waals surface area contributed by atoms with Crippen molar-refractivity contribution in [2.45, 2.75) is 25.0 Å². The van der Waals surface area contributed by atoms with Gasteiger partial charge in [-0.2, -0.15) is 0 Å². The first-order valence-electron chi connectivity index (χ1n) is 4.86. The molecule has 0 aromatic carbocycles. The van der Waals surface area contributed by atoms with E-state index in [1.54, 1.807) is 19.5 Å². The minimum Gasteiger partial charge on any atom is -0.379 e. The maximum absolute atomic E-state index is 6.09. The molecule has 76 valence electrons. The summed E-state index contributed by atoms with van der Waals surface area (Å²) in [6.45, 7) is 0. The summed E-state index contributed by atoms with van der Waals surface area (Å²) in [5.41, 5.74) is 7.04. The fourth-order valence-electron chi connectivity index (χ4n) is 1.73. The van der Waals surface area contributed by atoms with E-state index in [-0.39, 0.29) is 12.1 Å². The van der Waals surface area contributed by atoms with Crippen molar-refractivity contribution in [2.24, 2.45) is 11.7 Å². The molecule has 4 heteroatoms. The summed E-state index contributed by atoms with van der Waals surface area (Å²) in [5, 5.41) is 0. The van der Waals surface area contributed by atoms with Crippen molar-refractivity contribution in [1.29, 1.82) is 0 Å². The molecule has 0 radical (unpaired) electrons. The number of methoxy groups -OCH3 is 1. The average molecular weight is 193 g/mol. The van der Waals surface area contributed by atoms with E-state index in [1.165, 1.54) is 19.2 Å². The lowest BCUT2D eigenvalue weighted by Crippen LogP contribution is -2.30. The average Bonchev–Trinajstić information content (AvgIpc) is 3.04. The van der Waals surface area contributed by atoms with Gasteiger partial charge in [-0.25, -0.2) is 9.97 Å². The van der Waals surface area contributed by atoms with E-state index in [2.05, 4.69) is 9.97 Å². The van der Waals surface area contributed by atoms with E-state index in [9.17, 15) is 0 Å². The molecule has 2 N–H and O–H groups in total. The van der Waals surface area contributed by atoms with E-state index in [1.807, 2.05) is 0 Å². The lowest BCUT2D eigenvalue weighted by molar-refractivity contribution is 0.0622. The lowest BCUT2D eigenvalue weighted by Gasteiger charge is -2.21. The molecule has 0 bridgehead atoms. The van der Waals surface area contributed by atoms with Crippen LogP contribution in [0, 0.1) is 5.92 Å². The van der Waals surface area contributed by atoms with Crippen LogP contribution in [0.4, 0.5) is 0 Å². The number of nitrogens with zero attached hydrogens (tertiary/aromatic N) is 2. The van der Waals surface area contributed by atoms with Gasteiger partial charge in [0.1, 0.15) is 6.33 Å². The summed E-state index contributed by atoms with van der Waals surface area (Å²) in [6, 6.07) is -0.103. The van der Waals surface area contributed by atoms with Crippen LogP contribution in [0.5, 0.6) is 0 Å². The number of nitrogens with two attached hydrogens (primary N) is 1. The van der Waals surface area contributed by atoms with Crippen molar-refractivity contribution in [2.75, 3.05) is 7.11 Å². The van der Waals surface area contributed by atoms with E-state index in [0.29, 0.717) is 5.92 Å². The fraction of sp³-hybridized carbons (Fsp3) is 0.600. The van der Waals surface area contributed by atoms with E-state index in [4.69, 9.17) is 10.5 Å². The largest absolute Gasteiger partial charge is 0.379 e. The maximum Gasteiger partial charge on any atom is 0.115 e. The Labute approximate surface area is 83.5 Å². The van der Waals surface area contributed by atoms with Crippen molar-refractivity contribution < 1.29 is 4.74 Å². The quantitative estimate of drug-likeness (QED) is 0.771. The predicted octanol–water partition coefficient (Wildman–Crippen LogP) is 0.901. The molecule has 1 aromatic heterocycles. The molecule has 2 rings (SSSR count). The Morgan fingerprint density at radius 2 is 2.07 bits per heavy atom. The van der Waals surface area contributed by atoms with Crippen LogP contribution < -0.4 is 5.73 Å². The molecule has 1 heterocycles. The van der Waals surface area contributed by atoms with Gasteiger partial charge in [-0.05, 0) is 18.8 Å². The Morgan fingerprint density at radius 3 is 2.57 bits per heavy atom. The molecule has 0 spiro atoms. The Hall–Kier alpha value is -1.00. The van der Waals surface area contributed by atoms with Gasteiger partial charge in [0, 0.05) is 25.1 Å². The zero-order chi connectivity index (χ0) is 9.97. The van der Waals surface area contributed by atoms with Crippen LogP contribution in [-0.4, -0.2) is 23.2 Å². The SMILES string of the molecule is COC(C1CC1)C(N)c1cncnc1. The molecule has 0 aliphatic heterocycles. The van der Waals surface area contributed by atoms with Crippen molar-refractivity contribution in [3.8, 4) is 0 Å². The first-order valence-corrected chi connectivity index (χ1v) is 4.86. The molecule has 14 heavy (non-hydrogen) atoms. The second-order valence-electron chi connectivity index (χ2n) is 3.74. The van der Waals surface area contributed by atoms with Gasteiger partial charge in [0.15, 0.2) is 0 Å². The molecule has 2 unspecified atom stereocenters. The third-order valence-corrected chi connectivity index (χ3v) is 2.68. The van der Waals surface area contributed by atoms with Gasteiger partial charge in [-0.15, -0.1) is 0 Å². The monoisotopic (exact) mass is 193 g/mol. The normalized spacial score (nSPS) is 20.4. The van der Waals surface area contributed by atoms with Gasteiger partial charge >= 0.3 is 0 Å². The van der Waals surface area contributed by atoms with Crippen molar-refractivity contribution >= 4 is 0 Å². The summed E-state index contributed by atoms with van der Waals surface area (Å²) in [4.78, 5) is 7.91. The number of hydrogen-bond acceptors (Lipinski definition) is 4. The standard InChI is InChI=1S/C10H15N3O/c1-14-10(7-2-3-7)9(11)8-4-12-6-13-5-8/h4-7,9-10H,2-3,11H2,1H3. The minimum atomic E-state index is -0.103. The van der Waals surface area contributed by atoms with E-state index < -0.39 is 0 Å². The molecule has 0 saturated heterocycles. The number of rotatable bonds is 4. The highest BCUT2D eigenvalue weighted by Gasteiger charge is 2.35. The summed E-state index contributed by atoms with van der Waals surface area (Å²) in [7, 11) is 1.71. The van der Waals surface area contributed by atoms with E-state index in [0.717, 1.165) is 5.56 Å². The molecule has 2 atom stereocenters. The van der Waals surface area contributed by atoms with Crippen LogP contribution >= 0.6 is 0 Å². The van der Waals surface area contributed by atoms with E-state index >= 15 is 0 Å². The van der Waals surface area contributed by atoms with Gasteiger partial charge in [0.05, 0.1) is 12.1 Å². The predicted molar refractivity (Wildman–Crippen MR) is 52.5 cm³/mol. The van der Waals surface area contributed by atoms with Crippen LogP contribution in [-0.2, 0) is 4.74 Å². The molecule has 1 aromatic rings. The van der Waals surface area contributed by atoms with Crippen LogP contribution in [0.25, 0.3) is 0 Å². The zero-order valence-corrected chi connectivity index (χ0v) is 8.26. The second kappa shape index (κ2) is 4.02. The number of aromatic nitrogens is 2. The summed E-state index contributed by atoms with van der Waals surface area (Å²) >= 11 is 0. The van der Waals surface area contributed by atoms with Gasteiger partial charge in [0.25, 0.3) is 0 Å². The minimum absolute atomic E-state index is 0.103. The first-order chi connectivity index (χ1) is 6.83. The van der Waals surface area contributed by atoms with Crippen LogP contribution in [0.2, 0.25) is 0 Å². The Bertz CT molecular complexity index is 287. The molecular formula is C10H15N3O. The van der Waals surface area contributed by atoms with Crippen LogP contribution in [0.15, 0.2) is 18.7 Å². The third kappa shape index (κ3) is 1.91. The summed E-state index contributed by atoms with van der Waals surface area (Å²) in [5.74, 6) is 0.621. The lowest BCUT2D eigenvalue weighted by atomic mass is 10.0. The highest BCUT2D eigenvalue weighted by atomic mass is 16.5. The van der Waals surface area contributed by atoms with Gasteiger partial charge < -0.3 is 10.5 Å². The third-order valence-electron chi connectivity index (χ3n) is 2.68. The smallest absolute Gasteiger partial charge is 0.115 e. The molecule has 1 fully saturated rings. The highest BCUT2D eigenvalue weighted by Crippen LogP contribution is 2.38. The van der Waals surface area contributed by atoms with Crippen molar-refractivity contribution in [3.05, 3.63) is 24.3 Å². The zero-order valence-electron chi connectivity index (χ0n) is 8.26. The molecule has 0 amide bonds. The van der Waals surface area contributed by atoms with Crippen LogP contribution in [0.1, 0.15) is 24.4 Å². The van der Waals surface area contributed by atoms with Gasteiger partial charge in [-0.1, -0.05) is 0 Å². The number of hydrogen-bond donors (Lipinski definition) is 1. The van der Waals surface area contributed by atoms with Gasteiger partial charge in [0.2, 0.25) is 0 Å². The van der Waals surface area contributed by atoms with Crippen molar-refractivity contribution in [3.63, 3.8) is 0 Å².